The molecular formula is C82H160O17P2. The van der Waals surface area contributed by atoms with Crippen molar-refractivity contribution < 1.29 is 80.2 Å². The highest BCUT2D eigenvalue weighted by Crippen LogP contribution is 2.45. The minimum atomic E-state index is -4.96. The minimum absolute atomic E-state index is 0.107. The Morgan fingerprint density at radius 2 is 0.475 bits per heavy atom. The molecule has 0 aliphatic carbocycles. The Kier molecular flexibility index (Phi) is 73.5. The molecule has 0 aliphatic rings. The number of esters is 4. The van der Waals surface area contributed by atoms with E-state index in [1.54, 1.807) is 0 Å². The maximum absolute atomic E-state index is 13.1. The van der Waals surface area contributed by atoms with E-state index in [-0.39, 0.29) is 25.7 Å². The molecular weight excluding hydrogens is 1320 g/mol. The van der Waals surface area contributed by atoms with Gasteiger partial charge in [0.05, 0.1) is 26.4 Å². The van der Waals surface area contributed by atoms with Crippen molar-refractivity contribution in [2.75, 3.05) is 39.6 Å². The summed E-state index contributed by atoms with van der Waals surface area (Å²) in [5, 5.41) is 10.6. The molecule has 101 heavy (non-hydrogen) atoms. The van der Waals surface area contributed by atoms with E-state index in [2.05, 4.69) is 34.6 Å². The van der Waals surface area contributed by atoms with Crippen LogP contribution in [0.5, 0.6) is 0 Å². The van der Waals surface area contributed by atoms with Gasteiger partial charge in [0.2, 0.25) is 0 Å². The van der Waals surface area contributed by atoms with Gasteiger partial charge >= 0.3 is 39.5 Å². The average molecular weight is 1480 g/mol. The molecule has 0 spiro atoms. The van der Waals surface area contributed by atoms with Crippen LogP contribution >= 0.6 is 15.6 Å². The normalized spacial score (nSPS) is 14.1. The molecule has 3 unspecified atom stereocenters. The predicted octanol–water partition coefficient (Wildman–Crippen LogP) is 24.8. The summed E-state index contributed by atoms with van der Waals surface area (Å²) >= 11 is 0. The number of unbranched alkanes of at least 4 members (excludes halogenated alkanes) is 53. The molecule has 0 heterocycles. The number of aliphatic hydroxyl groups excluding tert-OH is 1. The SMILES string of the molecule is CCCCCCCCCCCCCCCCCCCCCC(=O)OC[C@H](COP(=O)(O)OC[C@@H](O)COP(=O)(O)OC[C@@H](COC(=O)CCCCCCCCCCCC)OC(=O)CCCCCCCCCCCC)OC(=O)CCCCCCCCCCCCCCCCCCCCC(C)CC. The first-order valence-electron chi connectivity index (χ1n) is 42.7. The molecule has 600 valence electrons. The van der Waals surface area contributed by atoms with Crippen LogP contribution in [0.2, 0.25) is 0 Å². The third kappa shape index (κ3) is 74.7. The lowest BCUT2D eigenvalue weighted by molar-refractivity contribution is -0.161. The van der Waals surface area contributed by atoms with E-state index in [4.69, 9.17) is 37.0 Å². The van der Waals surface area contributed by atoms with Crippen molar-refractivity contribution in [1.82, 2.24) is 0 Å². The van der Waals surface area contributed by atoms with Gasteiger partial charge in [0, 0.05) is 25.7 Å². The summed E-state index contributed by atoms with van der Waals surface area (Å²) in [5.74, 6) is -1.24. The van der Waals surface area contributed by atoms with Crippen LogP contribution in [-0.4, -0.2) is 96.7 Å². The van der Waals surface area contributed by atoms with Gasteiger partial charge in [-0.25, -0.2) is 9.13 Å². The Hall–Kier alpha value is -1.94. The van der Waals surface area contributed by atoms with Crippen molar-refractivity contribution in [1.29, 1.82) is 0 Å². The second-order valence-electron chi connectivity index (χ2n) is 29.8. The van der Waals surface area contributed by atoms with Gasteiger partial charge in [-0.2, -0.15) is 0 Å². The molecule has 0 rings (SSSR count). The lowest BCUT2D eigenvalue weighted by Gasteiger charge is -2.21. The van der Waals surface area contributed by atoms with Crippen LogP contribution in [0.4, 0.5) is 0 Å². The van der Waals surface area contributed by atoms with Crippen LogP contribution in [0.15, 0.2) is 0 Å². The molecule has 6 atom stereocenters. The van der Waals surface area contributed by atoms with E-state index in [1.807, 2.05) is 0 Å². The first-order chi connectivity index (χ1) is 49.1. The number of phosphoric ester groups is 2. The maximum Gasteiger partial charge on any atom is 0.472 e. The summed E-state index contributed by atoms with van der Waals surface area (Å²) < 4.78 is 68.6. The number of hydrogen-bond donors (Lipinski definition) is 3. The van der Waals surface area contributed by atoms with E-state index in [1.165, 1.54) is 263 Å². The number of carbonyl (C=O) groups is 4. The fraction of sp³-hybridized carbons (Fsp3) is 0.951. The maximum atomic E-state index is 13.1. The summed E-state index contributed by atoms with van der Waals surface area (Å²) in [7, 11) is -9.91. The molecule has 0 bridgehead atoms. The molecule has 0 fully saturated rings. The Bertz CT molecular complexity index is 1930. The van der Waals surface area contributed by atoms with Crippen LogP contribution in [-0.2, 0) is 65.4 Å². The summed E-state index contributed by atoms with van der Waals surface area (Å²) in [5.41, 5.74) is 0. The van der Waals surface area contributed by atoms with E-state index < -0.39 is 97.5 Å². The Labute approximate surface area is 619 Å². The first-order valence-corrected chi connectivity index (χ1v) is 45.7. The van der Waals surface area contributed by atoms with Crippen molar-refractivity contribution in [2.24, 2.45) is 5.92 Å². The Balaban J connectivity index is 5.18. The molecule has 0 radical (unpaired) electrons. The summed E-state index contributed by atoms with van der Waals surface area (Å²) in [6, 6.07) is 0. The molecule has 0 saturated carbocycles. The van der Waals surface area contributed by atoms with Crippen LogP contribution in [0.3, 0.4) is 0 Å². The zero-order chi connectivity index (χ0) is 74.1. The zero-order valence-corrected chi connectivity index (χ0v) is 67.8. The largest absolute Gasteiger partial charge is 0.472 e. The van der Waals surface area contributed by atoms with Crippen molar-refractivity contribution in [3.8, 4) is 0 Å². The van der Waals surface area contributed by atoms with Gasteiger partial charge in [0.25, 0.3) is 0 Å². The van der Waals surface area contributed by atoms with Gasteiger partial charge in [-0.15, -0.1) is 0 Å². The number of phosphoric acid groups is 2. The second kappa shape index (κ2) is 74.9. The first kappa shape index (κ1) is 99.1. The van der Waals surface area contributed by atoms with Crippen molar-refractivity contribution in [3.05, 3.63) is 0 Å². The van der Waals surface area contributed by atoms with Gasteiger partial charge in [-0.05, 0) is 31.6 Å². The fourth-order valence-electron chi connectivity index (χ4n) is 12.7. The quantitative estimate of drug-likeness (QED) is 0.0222. The average Bonchev–Trinajstić information content (AvgIpc) is 0.932. The van der Waals surface area contributed by atoms with Crippen molar-refractivity contribution in [2.45, 2.75) is 457 Å². The Morgan fingerprint density at radius 3 is 0.703 bits per heavy atom. The highest BCUT2D eigenvalue weighted by Gasteiger charge is 2.30. The Morgan fingerprint density at radius 1 is 0.277 bits per heavy atom. The molecule has 0 saturated heterocycles. The van der Waals surface area contributed by atoms with Crippen LogP contribution in [0.1, 0.15) is 439 Å². The van der Waals surface area contributed by atoms with Crippen LogP contribution in [0, 0.1) is 5.92 Å². The lowest BCUT2D eigenvalue weighted by atomic mass is 9.99. The standard InChI is InChI=1S/C82H160O17P2/c1-6-10-13-16-19-22-25-26-27-28-29-33-36-39-42-47-51-56-61-66-80(85)93-72-78(99-82(87)68-63-58-53-48-43-40-37-34-31-30-32-35-38-41-44-49-54-59-64-75(5)9-4)74-97-101(90,91)95-70-76(83)69-94-100(88,89)96-73-77(98-81(86)67-62-57-52-46-24-21-18-15-12-8-3)71-92-79(84)65-60-55-50-45-23-20-17-14-11-7-2/h75-78,83H,6-74H2,1-5H3,(H,88,89)(H,90,91)/t75?,76-,77+,78+/m0/s1. The molecule has 0 aromatic carbocycles. The monoisotopic (exact) mass is 1480 g/mol. The van der Waals surface area contributed by atoms with E-state index in [9.17, 15) is 43.2 Å². The topological polar surface area (TPSA) is 237 Å². The highest BCUT2D eigenvalue weighted by atomic mass is 31.2. The molecule has 17 nitrogen and oxygen atoms in total. The zero-order valence-electron chi connectivity index (χ0n) is 66.1. The molecule has 3 N–H and O–H groups in total. The fourth-order valence-corrected chi connectivity index (χ4v) is 14.3. The van der Waals surface area contributed by atoms with Gasteiger partial charge < -0.3 is 33.8 Å². The van der Waals surface area contributed by atoms with Gasteiger partial charge in [-0.1, -0.05) is 388 Å². The minimum Gasteiger partial charge on any atom is -0.462 e. The van der Waals surface area contributed by atoms with E-state index in [0.29, 0.717) is 25.7 Å². The van der Waals surface area contributed by atoms with Gasteiger partial charge in [0.1, 0.15) is 19.3 Å². The van der Waals surface area contributed by atoms with E-state index in [0.717, 1.165) is 95.8 Å². The number of rotatable bonds is 82. The predicted molar refractivity (Wildman–Crippen MR) is 414 cm³/mol. The lowest BCUT2D eigenvalue weighted by Crippen LogP contribution is -2.30. The molecule has 0 aliphatic heterocycles. The van der Waals surface area contributed by atoms with Crippen LogP contribution < -0.4 is 0 Å². The van der Waals surface area contributed by atoms with Crippen molar-refractivity contribution >= 4 is 39.5 Å². The third-order valence-electron chi connectivity index (χ3n) is 19.6. The van der Waals surface area contributed by atoms with Crippen LogP contribution in [0.25, 0.3) is 0 Å². The summed E-state index contributed by atoms with van der Waals surface area (Å²) in [4.78, 5) is 72.9. The second-order valence-corrected chi connectivity index (χ2v) is 32.7. The molecule has 19 heteroatoms. The number of aliphatic hydroxyl groups is 1. The third-order valence-corrected chi connectivity index (χ3v) is 21.5. The van der Waals surface area contributed by atoms with Gasteiger partial charge in [-0.3, -0.25) is 37.3 Å². The molecule has 0 aromatic heterocycles. The summed E-state index contributed by atoms with van der Waals surface area (Å²) in [6.45, 7) is 7.38. The van der Waals surface area contributed by atoms with E-state index >= 15 is 0 Å². The molecule has 0 amide bonds. The van der Waals surface area contributed by atoms with Crippen molar-refractivity contribution in [3.63, 3.8) is 0 Å². The molecule has 0 aromatic rings. The highest BCUT2D eigenvalue weighted by molar-refractivity contribution is 7.47. The number of hydrogen-bond acceptors (Lipinski definition) is 15. The number of carbonyl (C=O) groups excluding carboxylic acids is 4. The van der Waals surface area contributed by atoms with Gasteiger partial charge in [0.15, 0.2) is 12.2 Å². The smallest absolute Gasteiger partial charge is 0.462 e. The number of ether oxygens (including phenoxy) is 4. The summed E-state index contributed by atoms with van der Waals surface area (Å²) in [6.07, 6.45) is 66.7.